The molecule has 4 nitrogen and oxygen atoms in total. The van der Waals surface area contributed by atoms with Crippen LogP contribution in [0.25, 0.3) is 72.7 Å². The Kier molecular flexibility index (Phi) is 7.72. The van der Waals surface area contributed by atoms with Crippen LogP contribution in [0.3, 0.4) is 0 Å². The molecule has 0 fully saturated rings. The number of nitrogens with zero attached hydrogens (tertiary/aromatic N) is 3. The molecule has 0 spiro atoms. The molecule has 2 aromatic heterocycles. The van der Waals surface area contributed by atoms with Gasteiger partial charge in [-0.2, -0.15) is 0 Å². The standard InChI is InChI=1S/C52H48N3O.Pt/c1-32(2)45-31-42(21-22-43(45)37-13-10-9-11-14-37)55-48-16-12-15-44(49(48)54-51(55)46-26-34(4)25-35(5)50(46)56)39-27-40(29-41(28-39)52(6,7)8)47-30-38(23-24-53-47)36-19-17-33(3)18-20-36;/h9-26,28-32,56H,1-8H3;/q-1;/i3D3,17D,18D,19D,20D,23D,24D,30D,32D;. The maximum absolute atomic E-state index is 11.7. The van der Waals surface area contributed by atoms with Gasteiger partial charge >= 0.3 is 0 Å². The van der Waals surface area contributed by atoms with E-state index in [1.54, 1.807) is 6.07 Å². The first-order chi connectivity index (χ1) is 31.3. The average molecular weight is 937 g/mol. The third-order valence-corrected chi connectivity index (χ3v) is 10.0. The molecule has 0 bridgehead atoms. The zero-order valence-corrected chi connectivity index (χ0v) is 35.0. The van der Waals surface area contributed by atoms with Gasteiger partial charge in [0, 0.05) is 44.1 Å². The number of fused-ring (bicyclic) bond motifs is 1. The van der Waals surface area contributed by atoms with E-state index >= 15 is 0 Å². The number of aromatic hydroxyl groups is 1. The van der Waals surface area contributed by atoms with Crippen molar-refractivity contribution in [3.05, 3.63) is 167 Å². The third kappa shape index (κ3) is 7.76. The smallest absolute Gasteiger partial charge is 0.148 e. The Morgan fingerprint density at radius 2 is 1.53 bits per heavy atom. The summed E-state index contributed by atoms with van der Waals surface area (Å²) in [6.45, 7) is 10.6. The third-order valence-electron chi connectivity index (χ3n) is 10.0. The minimum atomic E-state index is -2.97. The largest absolute Gasteiger partial charge is 0.507 e. The van der Waals surface area contributed by atoms with Gasteiger partial charge in [-0.05, 0) is 101 Å². The fourth-order valence-electron chi connectivity index (χ4n) is 7.13. The van der Waals surface area contributed by atoms with Crippen molar-refractivity contribution in [2.75, 3.05) is 0 Å². The van der Waals surface area contributed by atoms with Gasteiger partial charge in [0.25, 0.3) is 0 Å². The van der Waals surface area contributed by atoms with Crippen LogP contribution in [-0.2, 0) is 26.5 Å². The van der Waals surface area contributed by atoms with E-state index in [4.69, 9.17) is 17.3 Å². The molecule has 6 aromatic carbocycles. The van der Waals surface area contributed by atoms with Gasteiger partial charge in [-0.15, -0.1) is 29.3 Å². The second kappa shape index (κ2) is 15.8. The Morgan fingerprint density at radius 1 is 0.772 bits per heavy atom. The van der Waals surface area contributed by atoms with E-state index in [2.05, 4.69) is 11.1 Å². The number of pyridine rings is 1. The van der Waals surface area contributed by atoms with Crippen LogP contribution in [0.5, 0.6) is 5.75 Å². The van der Waals surface area contributed by atoms with Gasteiger partial charge in [-0.1, -0.05) is 136 Å². The van der Waals surface area contributed by atoms with E-state index < -0.39 is 77.3 Å². The minimum Gasteiger partial charge on any atom is -0.507 e. The summed E-state index contributed by atoms with van der Waals surface area (Å²) >= 11 is 0. The second-order valence-electron chi connectivity index (χ2n) is 15.4. The van der Waals surface area contributed by atoms with Gasteiger partial charge < -0.3 is 5.11 Å². The van der Waals surface area contributed by atoms with Crippen LogP contribution in [0.2, 0.25) is 0 Å². The average Bonchev–Trinajstić information content (AvgIpc) is 3.65. The number of benzene rings is 6. The van der Waals surface area contributed by atoms with Crippen LogP contribution in [0, 0.1) is 26.8 Å². The number of rotatable bonds is 7. The number of phenolic OH excluding ortho intramolecular Hbond substituents is 1. The van der Waals surface area contributed by atoms with E-state index in [0.29, 0.717) is 44.8 Å². The first kappa shape index (κ1) is 27.9. The maximum Gasteiger partial charge on any atom is 0.148 e. The van der Waals surface area contributed by atoms with E-state index in [-0.39, 0.29) is 38.1 Å². The van der Waals surface area contributed by atoms with Crippen LogP contribution < -0.4 is 0 Å². The molecule has 2 heterocycles. The summed E-state index contributed by atoms with van der Waals surface area (Å²) in [7, 11) is 0. The Bertz CT molecular complexity index is 3290. The first-order valence-electron chi connectivity index (χ1n) is 24.0. The van der Waals surface area contributed by atoms with Crippen molar-refractivity contribution in [3.63, 3.8) is 0 Å². The van der Waals surface area contributed by atoms with Gasteiger partial charge in [0.15, 0.2) is 0 Å². The molecule has 0 saturated heterocycles. The predicted molar refractivity (Wildman–Crippen MR) is 234 cm³/mol. The number of phenols is 1. The van der Waals surface area contributed by atoms with E-state index in [9.17, 15) is 7.85 Å². The topological polar surface area (TPSA) is 50.9 Å². The van der Waals surface area contributed by atoms with Crippen LogP contribution in [0.15, 0.2) is 133 Å². The molecule has 288 valence electrons. The summed E-state index contributed by atoms with van der Waals surface area (Å²) < 4.78 is 96.7. The van der Waals surface area contributed by atoms with Gasteiger partial charge in [-0.25, -0.2) is 4.98 Å². The second-order valence-corrected chi connectivity index (χ2v) is 15.4. The van der Waals surface area contributed by atoms with E-state index in [1.807, 2.05) is 138 Å². The van der Waals surface area contributed by atoms with Crippen LogP contribution >= 0.6 is 0 Å². The fraction of sp³-hybridized carbons (Fsp3) is 0.192. The number of aromatic nitrogens is 3. The van der Waals surface area contributed by atoms with Crippen molar-refractivity contribution >= 4 is 11.0 Å². The number of hydrogen-bond donors (Lipinski definition) is 1. The van der Waals surface area contributed by atoms with E-state index in [0.717, 1.165) is 27.8 Å². The summed E-state index contributed by atoms with van der Waals surface area (Å²) in [6.07, 6.45) is -0.596. The van der Waals surface area contributed by atoms with E-state index in [1.165, 1.54) is 0 Å². The normalized spacial score (nSPS) is 14.8. The summed E-state index contributed by atoms with van der Waals surface area (Å²) in [4.78, 5) is 9.70. The Hall–Kier alpha value is -5.57. The zero-order valence-electron chi connectivity index (χ0n) is 43.8. The van der Waals surface area contributed by atoms with Crippen molar-refractivity contribution in [2.24, 2.45) is 0 Å². The number of aryl methyl sites for hydroxylation is 2. The molecule has 0 unspecified atom stereocenters. The molecule has 0 aliphatic rings. The molecule has 0 aliphatic carbocycles. The van der Waals surface area contributed by atoms with Crippen molar-refractivity contribution in [1.29, 1.82) is 0 Å². The molecule has 0 amide bonds. The molecule has 8 aromatic rings. The van der Waals surface area contributed by atoms with Crippen molar-refractivity contribution in [1.82, 2.24) is 14.5 Å². The van der Waals surface area contributed by atoms with Gasteiger partial charge in [-0.3, -0.25) is 9.55 Å². The SMILES string of the molecule is [2H]c1nc(-c2[c-]c(-c3cccc4c3nc(-c3cc(C)cc(C)c3O)n4-c3ccc(-c4ccccc4)c(C([2H])(C)C)c3)cc(C(C)(C)C)c2)c([2H])c(-c2c([2H])c([2H])c(C([2H])([2H])[2H])c([2H])c2[2H])c1[2H].[Pt]. The number of imidazole rings is 1. The molecular weight excluding hydrogens is 878 g/mol. The van der Waals surface area contributed by atoms with Gasteiger partial charge in [0.2, 0.25) is 0 Å². The molecular formula is C52H48N3OPt-. The Balaban J connectivity index is 0.00000684. The van der Waals surface area contributed by atoms with Crippen LogP contribution in [0.1, 0.15) is 83.4 Å². The minimum absolute atomic E-state index is 0. The molecule has 5 heteroatoms. The zero-order chi connectivity index (χ0) is 48.8. The van der Waals surface area contributed by atoms with Crippen molar-refractivity contribution < 1.29 is 41.3 Å². The summed E-state index contributed by atoms with van der Waals surface area (Å²) in [6, 6.07) is 28.4. The summed E-state index contributed by atoms with van der Waals surface area (Å²) in [5.74, 6) is -0.489. The monoisotopic (exact) mass is 936 g/mol. The predicted octanol–water partition coefficient (Wildman–Crippen LogP) is 13.6. The Labute approximate surface area is 367 Å². The quantitative estimate of drug-likeness (QED) is 0.162. The van der Waals surface area contributed by atoms with Gasteiger partial charge in [0.1, 0.15) is 11.6 Å². The Morgan fingerprint density at radius 3 is 2.25 bits per heavy atom. The number of para-hydroxylation sites is 1. The molecule has 0 radical (unpaired) electrons. The molecule has 0 atom stereocenters. The number of hydrogen-bond acceptors (Lipinski definition) is 3. The molecule has 0 aliphatic heterocycles. The summed E-state index contributed by atoms with van der Waals surface area (Å²) in [5, 5.41) is 11.7. The van der Waals surface area contributed by atoms with Crippen LogP contribution in [-0.4, -0.2) is 19.6 Å². The van der Waals surface area contributed by atoms with Crippen molar-refractivity contribution in [2.45, 2.75) is 66.6 Å². The molecule has 0 saturated carbocycles. The van der Waals surface area contributed by atoms with Crippen LogP contribution in [0.4, 0.5) is 0 Å². The summed E-state index contributed by atoms with van der Waals surface area (Å²) in [5.41, 5.74) is 6.64. The fourth-order valence-corrected chi connectivity index (χ4v) is 7.13. The van der Waals surface area contributed by atoms with Crippen molar-refractivity contribution in [3.8, 4) is 67.5 Å². The molecule has 57 heavy (non-hydrogen) atoms. The first-order valence-corrected chi connectivity index (χ1v) is 18.5. The molecule has 1 N–H and O–H groups in total. The maximum atomic E-state index is 11.7. The molecule has 8 rings (SSSR count). The van der Waals surface area contributed by atoms with Gasteiger partial charge in [0.05, 0.1) is 26.2 Å².